The summed E-state index contributed by atoms with van der Waals surface area (Å²) in [6.45, 7) is 3.67. The van der Waals surface area contributed by atoms with Crippen molar-refractivity contribution in [2.75, 3.05) is 13.7 Å². The van der Waals surface area contributed by atoms with E-state index in [0.29, 0.717) is 44.7 Å². The van der Waals surface area contributed by atoms with Gasteiger partial charge in [-0.1, -0.05) is 18.2 Å². The van der Waals surface area contributed by atoms with Gasteiger partial charge in [0.2, 0.25) is 0 Å². The van der Waals surface area contributed by atoms with Crippen molar-refractivity contribution in [3.63, 3.8) is 0 Å². The summed E-state index contributed by atoms with van der Waals surface area (Å²) in [5.74, 6) is -0.674. The van der Waals surface area contributed by atoms with E-state index >= 15 is 0 Å². The van der Waals surface area contributed by atoms with Gasteiger partial charge in [-0.3, -0.25) is 10.1 Å². The number of non-ortho nitro benzene ring substituents is 1. The van der Waals surface area contributed by atoms with Gasteiger partial charge in [0.15, 0.2) is 0 Å². The normalized spacial score (nSPS) is 15.1. The van der Waals surface area contributed by atoms with Crippen LogP contribution in [0, 0.1) is 10.1 Å². The number of aromatic hydroxyl groups is 1. The number of esters is 1. The Morgan fingerprint density at radius 2 is 1.87 bits per heavy atom. The highest BCUT2D eigenvalue weighted by atomic mass is 16.6. The molecule has 1 unspecified atom stereocenters. The number of nitro groups is 1. The average molecular weight is 527 g/mol. The largest absolute Gasteiger partial charge is 0.505 e. The molecule has 5 rings (SSSR count). The van der Waals surface area contributed by atoms with E-state index in [1.54, 1.807) is 45.2 Å². The maximum Gasteiger partial charge on any atom is 0.336 e. The van der Waals surface area contributed by atoms with Crippen LogP contribution in [0.1, 0.15) is 36.6 Å². The molecule has 39 heavy (non-hydrogen) atoms. The number of ether oxygens (including phenoxy) is 2. The Kier molecular flexibility index (Phi) is 6.76. The fourth-order valence-electron chi connectivity index (χ4n) is 4.83. The zero-order valence-corrected chi connectivity index (χ0v) is 21.5. The van der Waals surface area contributed by atoms with Crippen molar-refractivity contribution < 1.29 is 24.3 Å². The summed E-state index contributed by atoms with van der Waals surface area (Å²) >= 11 is 0. The number of nitro benzene ring substituents is 1. The fourth-order valence-corrected chi connectivity index (χ4v) is 4.83. The van der Waals surface area contributed by atoms with E-state index in [1.165, 1.54) is 12.1 Å². The summed E-state index contributed by atoms with van der Waals surface area (Å²) in [5.41, 5.74) is 4.61. The van der Waals surface area contributed by atoms with Crippen molar-refractivity contribution in [1.82, 2.24) is 9.97 Å². The Hall–Kier alpha value is -5.12. The molecule has 1 aliphatic rings. The number of benzene rings is 2. The topological polar surface area (TPSA) is 143 Å². The molecule has 198 valence electrons. The Balaban J connectivity index is 1.61. The molecule has 0 radical (unpaired) electrons. The molecule has 3 heterocycles. The SMILES string of the molecule is CCOC(=O)C1=C(C)N=c2[nH]c(=Cc3ccc(-c4ccc([N+](=O)[O-])cc4)[nH]3)c(O)c2C1c1ccccc1OC. The molecule has 0 aliphatic carbocycles. The second-order valence-corrected chi connectivity index (χ2v) is 8.93. The van der Waals surface area contributed by atoms with Crippen LogP contribution in [-0.4, -0.2) is 39.7 Å². The fraction of sp³-hybridized carbons (Fsp3) is 0.172. The molecule has 1 atom stereocenters. The van der Waals surface area contributed by atoms with Crippen molar-refractivity contribution in [1.29, 1.82) is 0 Å². The number of rotatable bonds is 7. The van der Waals surface area contributed by atoms with Gasteiger partial charge in [-0.05, 0) is 55.8 Å². The van der Waals surface area contributed by atoms with E-state index in [9.17, 15) is 20.0 Å². The van der Waals surface area contributed by atoms with E-state index in [0.717, 1.165) is 11.3 Å². The predicted molar refractivity (Wildman–Crippen MR) is 144 cm³/mol. The van der Waals surface area contributed by atoms with E-state index in [2.05, 4.69) is 15.0 Å². The van der Waals surface area contributed by atoms with Crippen LogP contribution in [0.3, 0.4) is 0 Å². The third-order valence-electron chi connectivity index (χ3n) is 6.61. The van der Waals surface area contributed by atoms with Gasteiger partial charge in [-0.25, -0.2) is 9.79 Å². The number of hydrogen-bond acceptors (Lipinski definition) is 7. The summed E-state index contributed by atoms with van der Waals surface area (Å²) < 4.78 is 11.0. The molecule has 3 N–H and O–H groups in total. The van der Waals surface area contributed by atoms with Gasteiger partial charge in [0.1, 0.15) is 17.0 Å². The second kappa shape index (κ2) is 10.3. The third-order valence-corrected chi connectivity index (χ3v) is 6.61. The molecule has 0 saturated heterocycles. The third kappa shape index (κ3) is 4.68. The summed E-state index contributed by atoms with van der Waals surface area (Å²) in [4.78, 5) is 34.6. The standard InChI is InChI=1S/C29H26N4O6/c1-4-39-29(35)24-16(2)30-28-26(25(24)20-7-5-6-8-23(20)38-3)27(34)22(32-28)15-18-11-14-21(31-18)17-9-12-19(13-10-17)33(36)37/h5-15,25,31,34H,4H2,1-3H3,(H,30,32). The average Bonchev–Trinajstić information content (AvgIpc) is 3.52. The van der Waals surface area contributed by atoms with Crippen molar-refractivity contribution >= 4 is 17.7 Å². The minimum absolute atomic E-state index is 0.0124. The minimum Gasteiger partial charge on any atom is -0.505 e. The lowest BCUT2D eigenvalue weighted by molar-refractivity contribution is -0.384. The highest BCUT2D eigenvalue weighted by molar-refractivity contribution is 5.93. The first kappa shape index (κ1) is 25.5. The summed E-state index contributed by atoms with van der Waals surface area (Å²) in [5, 5.41) is 22.8. The molecule has 0 amide bonds. The highest BCUT2D eigenvalue weighted by Crippen LogP contribution is 2.41. The van der Waals surface area contributed by atoms with Gasteiger partial charge in [-0.2, -0.15) is 0 Å². The summed E-state index contributed by atoms with van der Waals surface area (Å²) in [6, 6.07) is 17.2. The van der Waals surface area contributed by atoms with Crippen LogP contribution in [0.15, 0.2) is 76.9 Å². The van der Waals surface area contributed by atoms with Crippen molar-refractivity contribution in [2.45, 2.75) is 19.8 Å². The summed E-state index contributed by atoms with van der Waals surface area (Å²) in [7, 11) is 1.55. The number of hydrogen-bond donors (Lipinski definition) is 3. The zero-order valence-electron chi connectivity index (χ0n) is 21.5. The molecule has 10 heteroatoms. The molecule has 4 aromatic rings. The smallest absolute Gasteiger partial charge is 0.336 e. The van der Waals surface area contributed by atoms with Crippen LogP contribution in [0.4, 0.5) is 5.69 Å². The predicted octanol–water partition coefficient (Wildman–Crippen LogP) is 4.06. The number of carbonyl (C=O) groups is 1. The van der Waals surface area contributed by atoms with Crippen LogP contribution >= 0.6 is 0 Å². The minimum atomic E-state index is -0.676. The van der Waals surface area contributed by atoms with Crippen molar-refractivity contribution in [2.24, 2.45) is 4.99 Å². The number of allylic oxidation sites excluding steroid dienone is 1. The molecule has 2 aromatic heterocycles. The maximum absolute atomic E-state index is 13.1. The molecule has 0 saturated carbocycles. The van der Waals surface area contributed by atoms with E-state index in [-0.39, 0.29) is 18.0 Å². The second-order valence-electron chi connectivity index (χ2n) is 8.93. The highest BCUT2D eigenvalue weighted by Gasteiger charge is 2.36. The molecule has 0 bridgehead atoms. The maximum atomic E-state index is 13.1. The number of aromatic amines is 2. The van der Waals surface area contributed by atoms with Gasteiger partial charge in [-0.15, -0.1) is 0 Å². The van der Waals surface area contributed by atoms with Gasteiger partial charge < -0.3 is 24.5 Å². The van der Waals surface area contributed by atoms with Crippen LogP contribution in [-0.2, 0) is 9.53 Å². The lowest BCUT2D eigenvalue weighted by Gasteiger charge is -2.24. The van der Waals surface area contributed by atoms with Gasteiger partial charge in [0.25, 0.3) is 5.69 Å². The number of nitrogens with one attached hydrogen (secondary N) is 2. The lowest BCUT2D eigenvalue weighted by Crippen LogP contribution is -2.26. The van der Waals surface area contributed by atoms with Gasteiger partial charge in [0.05, 0.1) is 46.7 Å². The molecule has 0 fully saturated rings. The quantitative estimate of drug-likeness (QED) is 0.188. The first-order valence-electron chi connectivity index (χ1n) is 12.3. The summed E-state index contributed by atoms with van der Waals surface area (Å²) in [6.07, 6.45) is 1.73. The molecule has 10 nitrogen and oxygen atoms in total. The number of H-pyrrole nitrogens is 2. The number of aromatic nitrogens is 2. The number of para-hydroxylation sites is 1. The van der Waals surface area contributed by atoms with Crippen LogP contribution in [0.5, 0.6) is 11.5 Å². The monoisotopic (exact) mass is 526 g/mol. The molecule has 1 aliphatic heterocycles. The molecular weight excluding hydrogens is 500 g/mol. The van der Waals surface area contributed by atoms with Crippen LogP contribution < -0.4 is 15.6 Å². The van der Waals surface area contributed by atoms with Crippen LogP contribution in [0.25, 0.3) is 17.3 Å². The number of nitrogens with zero attached hydrogens (tertiary/aromatic N) is 2. The Bertz CT molecular complexity index is 1730. The van der Waals surface area contributed by atoms with Gasteiger partial charge >= 0.3 is 5.97 Å². The van der Waals surface area contributed by atoms with Crippen molar-refractivity contribution in [3.8, 4) is 22.8 Å². The van der Waals surface area contributed by atoms with Crippen LogP contribution in [0.2, 0.25) is 0 Å². The zero-order chi connectivity index (χ0) is 27.7. The lowest BCUT2D eigenvalue weighted by atomic mass is 9.82. The Morgan fingerprint density at radius 1 is 1.13 bits per heavy atom. The number of carbonyl (C=O) groups excluding carboxylic acids is 1. The van der Waals surface area contributed by atoms with Gasteiger partial charge in [0, 0.05) is 29.1 Å². The Morgan fingerprint density at radius 3 is 2.56 bits per heavy atom. The number of fused-ring (bicyclic) bond motifs is 1. The van der Waals surface area contributed by atoms with E-state index in [4.69, 9.17) is 9.47 Å². The first-order valence-corrected chi connectivity index (χ1v) is 12.3. The van der Waals surface area contributed by atoms with E-state index < -0.39 is 16.8 Å². The molecule has 0 spiro atoms. The Labute approximate surface area is 223 Å². The molecule has 2 aromatic carbocycles. The van der Waals surface area contributed by atoms with Crippen molar-refractivity contribution in [3.05, 3.63) is 110 Å². The van der Waals surface area contributed by atoms with E-state index in [1.807, 2.05) is 30.3 Å². The molecular formula is C29H26N4O6. The number of methoxy groups -OCH3 is 1. The first-order chi connectivity index (χ1) is 18.8.